The molecule has 2 fully saturated rings. The molecule has 2 aliphatic carbocycles. The molecule has 3 rings (SSSR count). The summed E-state index contributed by atoms with van der Waals surface area (Å²) in [5.41, 5.74) is 6.72. The summed E-state index contributed by atoms with van der Waals surface area (Å²) in [6.07, 6.45) is 6.06. The molecule has 0 aromatic carbocycles. The van der Waals surface area contributed by atoms with Crippen molar-refractivity contribution in [1.29, 1.82) is 0 Å². The Balaban J connectivity index is 1.92. The van der Waals surface area contributed by atoms with Crippen LogP contribution in [0.25, 0.3) is 0 Å². The van der Waals surface area contributed by atoms with Crippen molar-refractivity contribution < 1.29 is 4.79 Å². The molecular formula is C11H16N4O. The summed E-state index contributed by atoms with van der Waals surface area (Å²) in [7, 11) is 0. The fourth-order valence-corrected chi connectivity index (χ4v) is 2.26. The van der Waals surface area contributed by atoms with Crippen molar-refractivity contribution in [2.45, 2.75) is 44.6 Å². The lowest BCUT2D eigenvalue weighted by Gasteiger charge is -2.26. The quantitative estimate of drug-likeness (QED) is 0.824. The maximum atomic E-state index is 11.3. The molecule has 5 heteroatoms. The lowest BCUT2D eigenvalue weighted by molar-refractivity contribution is 0.0993. The molecule has 86 valence electrons. The van der Waals surface area contributed by atoms with Gasteiger partial charge in [-0.25, -0.2) is 4.68 Å². The standard InChI is InChI=1S/C11H16N4O/c12-11(16)9-10(8-2-1-3-8)15(14-13-9)6-7-4-5-7/h7-8H,1-6H2,(H2,12,16). The van der Waals surface area contributed by atoms with E-state index in [0.717, 1.165) is 31.0 Å². The van der Waals surface area contributed by atoms with E-state index in [2.05, 4.69) is 10.3 Å². The molecule has 0 aliphatic heterocycles. The molecule has 0 spiro atoms. The largest absolute Gasteiger partial charge is 0.364 e. The molecule has 1 aromatic rings. The number of amides is 1. The molecule has 16 heavy (non-hydrogen) atoms. The summed E-state index contributed by atoms with van der Waals surface area (Å²) in [6.45, 7) is 0.909. The number of primary amides is 1. The number of nitrogens with zero attached hydrogens (tertiary/aromatic N) is 3. The summed E-state index contributed by atoms with van der Waals surface area (Å²) in [5.74, 6) is 0.751. The van der Waals surface area contributed by atoms with E-state index >= 15 is 0 Å². The Morgan fingerprint density at radius 2 is 2.12 bits per heavy atom. The molecule has 1 aromatic heterocycles. The van der Waals surface area contributed by atoms with Crippen LogP contribution in [-0.2, 0) is 6.54 Å². The first-order valence-electron chi connectivity index (χ1n) is 5.99. The van der Waals surface area contributed by atoms with Crippen molar-refractivity contribution in [3.63, 3.8) is 0 Å². The fraction of sp³-hybridized carbons (Fsp3) is 0.727. The Kier molecular flexibility index (Phi) is 2.19. The van der Waals surface area contributed by atoms with Gasteiger partial charge in [0.05, 0.1) is 5.69 Å². The van der Waals surface area contributed by atoms with Gasteiger partial charge in [-0.1, -0.05) is 11.6 Å². The fourth-order valence-electron chi connectivity index (χ4n) is 2.26. The van der Waals surface area contributed by atoms with E-state index in [1.165, 1.54) is 19.3 Å². The van der Waals surface area contributed by atoms with E-state index in [-0.39, 0.29) is 0 Å². The molecule has 0 unspecified atom stereocenters. The number of carbonyl (C=O) groups is 1. The second-order valence-electron chi connectivity index (χ2n) is 4.94. The van der Waals surface area contributed by atoms with Crippen molar-refractivity contribution in [3.05, 3.63) is 11.4 Å². The average Bonchev–Trinajstić information content (AvgIpc) is 2.86. The Bertz CT molecular complexity index is 418. The van der Waals surface area contributed by atoms with Crippen molar-refractivity contribution in [2.24, 2.45) is 11.7 Å². The second kappa shape index (κ2) is 3.57. The van der Waals surface area contributed by atoms with Crippen LogP contribution in [0.3, 0.4) is 0 Å². The van der Waals surface area contributed by atoms with E-state index in [1.807, 2.05) is 4.68 Å². The van der Waals surface area contributed by atoms with Crippen LogP contribution in [0.15, 0.2) is 0 Å². The summed E-state index contributed by atoms with van der Waals surface area (Å²) in [5, 5.41) is 8.02. The minimum Gasteiger partial charge on any atom is -0.364 e. The minimum absolute atomic E-state index is 0.394. The van der Waals surface area contributed by atoms with Gasteiger partial charge >= 0.3 is 0 Å². The van der Waals surface area contributed by atoms with Crippen molar-refractivity contribution in [2.75, 3.05) is 0 Å². The lowest BCUT2D eigenvalue weighted by Crippen LogP contribution is -2.21. The van der Waals surface area contributed by atoms with Gasteiger partial charge in [0.1, 0.15) is 0 Å². The smallest absolute Gasteiger partial charge is 0.271 e. The van der Waals surface area contributed by atoms with E-state index in [0.29, 0.717) is 11.6 Å². The van der Waals surface area contributed by atoms with Crippen LogP contribution in [0.5, 0.6) is 0 Å². The summed E-state index contributed by atoms with van der Waals surface area (Å²) in [4.78, 5) is 11.3. The van der Waals surface area contributed by atoms with Crippen LogP contribution in [0.1, 0.15) is 54.2 Å². The Morgan fingerprint density at radius 1 is 1.38 bits per heavy atom. The zero-order valence-electron chi connectivity index (χ0n) is 9.22. The zero-order chi connectivity index (χ0) is 11.1. The monoisotopic (exact) mass is 220 g/mol. The van der Waals surface area contributed by atoms with Gasteiger partial charge in [-0.05, 0) is 31.6 Å². The molecule has 0 radical (unpaired) electrons. The van der Waals surface area contributed by atoms with Gasteiger partial charge in [-0.2, -0.15) is 0 Å². The Morgan fingerprint density at radius 3 is 2.62 bits per heavy atom. The van der Waals surface area contributed by atoms with Crippen molar-refractivity contribution in [3.8, 4) is 0 Å². The summed E-state index contributed by atoms with van der Waals surface area (Å²) >= 11 is 0. The molecule has 1 amide bonds. The molecule has 0 bridgehead atoms. The number of rotatable bonds is 4. The van der Waals surface area contributed by atoms with E-state index in [4.69, 9.17) is 5.73 Å². The summed E-state index contributed by atoms with van der Waals surface area (Å²) in [6, 6.07) is 0. The van der Waals surface area contributed by atoms with Gasteiger partial charge in [0, 0.05) is 12.5 Å². The SMILES string of the molecule is NC(=O)c1nnn(CC2CC2)c1C1CCC1. The Hall–Kier alpha value is -1.39. The highest BCUT2D eigenvalue weighted by molar-refractivity contribution is 5.92. The summed E-state index contributed by atoms with van der Waals surface area (Å²) < 4.78 is 1.92. The highest BCUT2D eigenvalue weighted by Crippen LogP contribution is 2.39. The van der Waals surface area contributed by atoms with Crippen LogP contribution < -0.4 is 5.73 Å². The molecule has 5 nitrogen and oxygen atoms in total. The van der Waals surface area contributed by atoms with E-state index in [9.17, 15) is 4.79 Å². The molecule has 0 atom stereocenters. The molecular weight excluding hydrogens is 204 g/mol. The van der Waals surface area contributed by atoms with Crippen LogP contribution in [0, 0.1) is 5.92 Å². The van der Waals surface area contributed by atoms with Gasteiger partial charge in [0.15, 0.2) is 5.69 Å². The van der Waals surface area contributed by atoms with Gasteiger partial charge in [-0.3, -0.25) is 4.79 Å². The maximum absolute atomic E-state index is 11.3. The highest BCUT2D eigenvalue weighted by atomic mass is 16.1. The zero-order valence-corrected chi connectivity index (χ0v) is 9.22. The molecule has 2 saturated carbocycles. The molecule has 2 N–H and O–H groups in total. The molecule has 0 saturated heterocycles. The normalized spacial score (nSPS) is 20.8. The van der Waals surface area contributed by atoms with E-state index < -0.39 is 5.91 Å². The number of nitrogens with two attached hydrogens (primary N) is 1. The number of aromatic nitrogens is 3. The van der Waals surface area contributed by atoms with Gasteiger partial charge < -0.3 is 5.73 Å². The first-order chi connectivity index (χ1) is 7.75. The number of hydrogen-bond acceptors (Lipinski definition) is 3. The second-order valence-corrected chi connectivity index (χ2v) is 4.94. The maximum Gasteiger partial charge on any atom is 0.271 e. The minimum atomic E-state index is -0.441. The van der Waals surface area contributed by atoms with Crippen LogP contribution >= 0.6 is 0 Å². The number of carbonyl (C=O) groups excluding carboxylic acids is 1. The first-order valence-corrected chi connectivity index (χ1v) is 5.99. The molecule has 1 heterocycles. The first kappa shape index (κ1) is 9.81. The van der Waals surface area contributed by atoms with Crippen LogP contribution in [0.4, 0.5) is 0 Å². The van der Waals surface area contributed by atoms with Crippen molar-refractivity contribution >= 4 is 5.91 Å². The van der Waals surface area contributed by atoms with Gasteiger partial charge in [-0.15, -0.1) is 5.10 Å². The predicted molar refractivity (Wildman–Crippen MR) is 57.9 cm³/mol. The van der Waals surface area contributed by atoms with Gasteiger partial charge in [0.2, 0.25) is 0 Å². The predicted octanol–water partition coefficient (Wildman–Crippen LogP) is 1.05. The third-order valence-electron chi connectivity index (χ3n) is 3.63. The third-order valence-corrected chi connectivity index (χ3v) is 3.63. The molecule has 2 aliphatic rings. The topological polar surface area (TPSA) is 73.8 Å². The van der Waals surface area contributed by atoms with Crippen LogP contribution in [0.2, 0.25) is 0 Å². The lowest BCUT2D eigenvalue weighted by atomic mass is 9.82. The van der Waals surface area contributed by atoms with Crippen LogP contribution in [-0.4, -0.2) is 20.9 Å². The van der Waals surface area contributed by atoms with Gasteiger partial charge in [0.25, 0.3) is 5.91 Å². The highest BCUT2D eigenvalue weighted by Gasteiger charge is 2.32. The van der Waals surface area contributed by atoms with Crippen molar-refractivity contribution in [1.82, 2.24) is 15.0 Å². The third kappa shape index (κ3) is 1.60. The Labute approximate surface area is 94.0 Å². The average molecular weight is 220 g/mol. The van der Waals surface area contributed by atoms with E-state index in [1.54, 1.807) is 0 Å². The number of hydrogen-bond donors (Lipinski definition) is 1.